The minimum atomic E-state index is -5.43. The first-order valence-corrected chi connectivity index (χ1v) is 16.9. The molecule has 7 heterocycles. The van der Waals surface area contributed by atoms with Crippen LogP contribution >= 0.6 is 27.4 Å². The van der Waals surface area contributed by atoms with E-state index < -0.39 is 81.7 Å². The number of H-pyrrole nitrogens is 1. The lowest BCUT2D eigenvalue weighted by Gasteiger charge is -2.26. The quantitative estimate of drug-likeness (QED) is 0.178. The minimum absolute atomic E-state index is 0.0536. The standard InChI is InChI=1S/C20H21F3N10O10P2S/c21-9-8-4-40-45(37,38)43-13-7(41-18(20(13,22)23)33-14-10(30-31-33)6(24)1-2-26-14)3-39-44(35,36)42-12(9)17(46-8)32-5-27-11-15(32)28-19(25)29-16(11)34/h1-2,5,7-9,12-13,17-18H,3-4H2,(H2,24,26)(H,35,36)(H,37,38)(H3,25,28,29,34)/t7-,8-,9+,12-,13-,17-,18-/m1/s1. The summed E-state index contributed by atoms with van der Waals surface area (Å²) in [6.07, 6.45) is -8.84. The zero-order valence-corrected chi connectivity index (χ0v) is 25.2. The highest BCUT2D eigenvalue weighted by Gasteiger charge is 2.64. The summed E-state index contributed by atoms with van der Waals surface area (Å²) in [5.74, 6) is -4.51. The zero-order chi connectivity index (χ0) is 32.8. The average molecular weight is 712 g/mol. The fourth-order valence-electron chi connectivity index (χ4n) is 5.21. The van der Waals surface area contributed by atoms with Gasteiger partial charge in [-0.15, -0.1) is 16.9 Å². The van der Waals surface area contributed by atoms with E-state index in [0.717, 1.165) is 10.9 Å². The van der Waals surface area contributed by atoms with Gasteiger partial charge in [0.25, 0.3) is 5.56 Å². The van der Waals surface area contributed by atoms with Gasteiger partial charge in [-0.3, -0.25) is 32.4 Å². The SMILES string of the molecule is Nc1nc2c(ncn2[C@@H]2S[C@@H]3COP(=O)(O)O[C@@H]4[C@@H](COP(=O)(O)O[C@@H]2[C@H]3F)O[C@@H](n2nnc3c(N)ccnc32)C4(F)F)c(=O)[nH]1. The highest BCUT2D eigenvalue weighted by atomic mass is 32.2. The first-order valence-electron chi connectivity index (χ1n) is 13.0. The first-order chi connectivity index (χ1) is 21.6. The Morgan fingerprint density at radius 3 is 2.61 bits per heavy atom. The number of imidazole rings is 1. The second kappa shape index (κ2) is 10.9. The van der Waals surface area contributed by atoms with E-state index in [1.165, 1.54) is 12.3 Å². The highest BCUT2D eigenvalue weighted by molar-refractivity contribution is 8.00. The number of anilines is 2. The molecular formula is C20H21F3N10O10P2S. The number of phosphoric acid groups is 2. The van der Waals surface area contributed by atoms with Crippen LogP contribution in [0.1, 0.15) is 11.6 Å². The van der Waals surface area contributed by atoms with Crippen molar-refractivity contribution >= 4 is 61.4 Å². The third-order valence-corrected chi connectivity index (χ3v) is 10.7. The highest BCUT2D eigenvalue weighted by Crippen LogP contribution is 2.58. The Hall–Kier alpha value is -3.18. The van der Waals surface area contributed by atoms with Crippen molar-refractivity contribution in [2.75, 3.05) is 24.7 Å². The van der Waals surface area contributed by atoms with E-state index in [0.29, 0.717) is 16.4 Å². The second-order valence-corrected chi connectivity index (χ2v) is 14.4. The summed E-state index contributed by atoms with van der Waals surface area (Å²) < 4.78 is 101. The molecule has 0 spiro atoms. The number of aromatic amines is 1. The number of nitrogens with two attached hydrogens (primary N) is 2. The monoisotopic (exact) mass is 712 g/mol. The molecular weight excluding hydrogens is 691 g/mol. The number of pyridine rings is 1. The maximum Gasteiger partial charge on any atom is 0.472 e. The summed E-state index contributed by atoms with van der Waals surface area (Å²) in [6.45, 7) is -2.13. The van der Waals surface area contributed by atoms with E-state index in [1.807, 2.05) is 0 Å². The largest absolute Gasteiger partial charge is 0.472 e. The molecule has 2 bridgehead atoms. The van der Waals surface area contributed by atoms with Gasteiger partial charge in [-0.05, 0) is 6.07 Å². The summed E-state index contributed by atoms with van der Waals surface area (Å²) in [5.41, 5.74) is 10.1. The number of hydrogen-bond donors (Lipinski definition) is 5. The van der Waals surface area contributed by atoms with Crippen LogP contribution in [0.2, 0.25) is 0 Å². The van der Waals surface area contributed by atoms with Crippen LogP contribution in [0, 0.1) is 0 Å². The molecule has 0 amide bonds. The molecule has 7 rings (SSSR count). The number of aromatic nitrogens is 8. The van der Waals surface area contributed by atoms with Gasteiger partial charge in [-0.2, -0.15) is 18.4 Å². The number of phosphoric ester groups is 2. The lowest BCUT2D eigenvalue weighted by atomic mass is 10.1. The van der Waals surface area contributed by atoms with Gasteiger partial charge in [0.15, 0.2) is 28.4 Å². The Bertz CT molecular complexity index is 2000. The number of nitrogens with one attached hydrogen (secondary N) is 1. The van der Waals surface area contributed by atoms with E-state index in [4.69, 9.17) is 34.3 Å². The predicted molar refractivity (Wildman–Crippen MR) is 148 cm³/mol. The van der Waals surface area contributed by atoms with E-state index in [1.54, 1.807) is 0 Å². The summed E-state index contributed by atoms with van der Waals surface area (Å²) in [5, 5.41) is 4.64. The lowest BCUT2D eigenvalue weighted by Crippen LogP contribution is -2.41. The number of thioether (sulfide) groups is 1. The number of rotatable bonds is 2. The summed E-state index contributed by atoms with van der Waals surface area (Å²) in [6, 6.07) is 1.35. The third kappa shape index (κ3) is 5.27. The Morgan fingerprint density at radius 1 is 1.09 bits per heavy atom. The molecule has 3 fully saturated rings. The molecule has 46 heavy (non-hydrogen) atoms. The smallest absolute Gasteiger partial charge is 0.397 e. The van der Waals surface area contributed by atoms with Crippen LogP contribution in [0.3, 0.4) is 0 Å². The molecule has 26 heteroatoms. The van der Waals surface area contributed by atoms with Gasteiger partial charge in [0.05, 0.1) is 30.5 Å². The molecule has 3 aliphatic rings. The number of fused-ring (bicyclic) bond motifs is 5. The van der Waals surface area contributed by atoms with E-state index in [9.17, 15) is 23.7 Å². The number of halogens is 3. The predicted octanol–water partition coefficient (Wildman–Crippen LogP) is 0.627. The molecule has 248 valence electrons. The third-order valence-electron chi connectivity index (χ3n) is 7.26. The zero-order valence-electron chi connectivity index (χ0n) is 22.6. The fraction of sp³-hybridized carbons (Fsp3) is 0.500. The Kier molecular flexibility index (Phi) is 7.47. The normalized spacial score (nSPS) is 36.7. The molecule has 3 saturated heterocycles. The fourth-order valence-corrected chi connectivity index (χ4v) is 8.76. The number of alkyl halides is 3. The van der Waals surface area contributed by atoms with Crippen LogP contribution in [-0.4, -0.2) is 98.2 Å². The molecule has 4 aromatic rings. The molecule has 0 aliphatic carbocycles. The molecule has 0 aromatic carbocycles. The van der Waals surface area contributed by atoms with Crippen molar-refractivity contribution in [3.05, 3.63) is 28.9 Å². The van der Waals surface area contributed by atoms with Crippen LogP contribution in [0.25, 0.3) is 22.3 Å². The molecule has 0 radical (unpaired) electrons. The van der Waals surface area contributed by atoms with Gasteiger partial charge in [0, 0.05) is 6.20 Å². The maximum absolute atomic E-state index is 15.9. The first kappa shape index (κ1) is 31.4. The molecule has 20 nitrogen and oxygen atoms in total. The number of nitrogens with zero attached hydrogens (tertiary/aromatic N) is 7. The topological polar surface area (TPSA) is 280 Å². The van der Waals surface area contributed by atoms with Gasteiger partial charge in [0.2, 0.25) is 12.2 Å². The Labute approximate surface area is 256 Å². The molecule has 2 unspecified atom stereocenters. The lowest BCUT2D eigenvalue weighted by molar-refractivity contribution is -0.141. The number of hydrogen-bond acceptors (Lipinski definition) is 16. The van der Waals surface area contributed by atoms with Gasteiger partial charge >= 0.3 is 21.6 Å². The summed E-state index contributed by atoms with van der Waals surface area (Å²) >= 11 is 0.680. The van der Waals surface area contributed by atoms with Gasteiger partial charge in [-0.1, -0.05) is 5.21 Å². The second-order valence-electron chi connectivity index (χ2n) is 10.2. The van der Waals surface area contributed by atoms with Crippen molar-refractivity contribution < 1.29 is 54.9 Å². The van der Waals surface area contributed by atoms with Crippen LogP contribution in [0.4, 0.5) is 24.8 Å². The van der Waals surface area contributed by atoms with Crippen molar-refractivity contribution in [2.45, 2.75) is 47.3 Å². The van der Waals surface area contributed by atoms with Crippen LogP contribution in [0.15, 0.2) is 23.4 Å². The van der Waals surface area contributed by atoms with Gasteiger partial charge in [0.1, 0.15) is 23.8 Å². The molecule has 7 N–H and O–H groups in total. The minimum Gasteiger partial charge on any atom is -0.397 e. The Balaban J connectivity index is 1.23. The van der Waals surface area contributed by atoms with Crippen LogP contribution < -0.4 is 17.0 Å². The molecule has 9 atom stereocenters. The summed E-state index contributed by atoms with van der Waals surface area (Å²) in [4.78, 5) is 47.5. The van der Waals surface area contributed by atoms with Gasteiger partial charge < -0.3 is 26.0 Å². The number of ether oxygens (including phenoxy) is 1. The van der Waals surface area contributed by atoms with Gasteiger partial charge in [-0.25, -0.2) is 23.5 Å². The Morgan fingerprint density at radius 2 is 1.83 bits per heavy atom. The van der Waals surface area contributed by atoms with Crippen molar-refractivity contribution in [1.82, 2.24) is 39.5 Å². The van der Waals surface area contributed by atoms with Crippen molar-refractivity contribution in [3.63, 3.8) is 0 Å². The van der Waals surface area contributed by atoms with E-state index in [-0.39, 0.29) is 34.0 Å². The summed E-state index contributed by atoms with van der Waals surface area (Å²) in [7, 11) is -10.7. The van der Waals surface area contributed by atoms with Crippen LogP contribution in [0.5, 0.6) is 0 Å². The molecule has 4 aromatic heterocycles. The van der Waals surface area contributed by atoms with Crippen molar-refractivity contribution in [3.8, 4) is 0 Å². The molecule has 3 aliphatic heterocycles. The van der Waals surface area contributed by atoms with Crippen molar-refractivity contribution in [2.24, 2.45) is 0 Å². The number of nitrogen functional groups attached to an aromatic ring is 2. The van der Waals surface area contributed by atoms with E-state index in [2.05, 4.69) is 30.2 Å². The van der Waals surface area contributed by atoms with E-state index >= 15 is 13.2 Å². The van der Waals surface area contributed by atoms with Crippen molar-refractivity contribution in [1.29, 1.82) is 0 Å². The average Bonchev–Trinajstić information content (AvgIpc) is 3.71. The molecule has 0 saturated carbocycles. The maximum atomic E-state index is 15.9. The van der Waals surface area contributed by atoms with Crippen LogP contribution in [-0.2, 0) is 32.0 Å².